The highest BCUT2D eigenvalue weighted by Crippen LogP contribution is 2.28. The third-order valence-electron chi connectivity index (χ3n) is 3.65. The van der Waals surface area contributed by atoms with Crippen LogP contribution < -0.4 is 11.5 Å². The second-order valence-electron chi connectivity index (χ2n) is 5.20. The Morgan fingerprint density at radius 1 is 1.33 bits per heavy atom. The topological polar surface area (TPSA) is 106 Å². The number of carbonyl (C=O) groups excluding carboxylic acids is 1. The Kier molecular flexibility index (Phi) is 4.48. The van der Waals surface area contributed by atoms with Gasteiger partial charge in [-0.1, -0.05) is 0 Å². The Morgan fingerprint density at radius 2 is 1.95 bits per heavy atom. The van der Waals surface area contributed by atoms with E-state index >= 15 is 0 Å². The molecule has 0 spiro atoms. The van der Waals surface area contributed by atoms with E-state index in [0.29, 0.717) is 25.9 Å². The molecule has 1 aromatic carbocycles. The van der Waals surface area contributed by atoms with E-state index in [1.165, 1.54) is 10.4 Å². The zero-order chi connectivity index (χ0) is 15.6. The van der Waals surface area contributed by atoms with Crippen molar-refractivity contribution in [3.8, 4) is 0 Å². The number of halogens is 1. The molecule has 0 saturated carbocycles. The molecule has 1 aliphatic rings. The number of hydrogen-bond donors (Lipinski definition) is 2. The highest BCUT2D eigenvalue weighted by molar-refractivity contribution is 7.89. The minimum Gasteiger partial charge on any atom is -0.398 e. The minimum absolute atomic E-state index is 0.0859. The Bertz CT molecular complexity index is 640. The van der Waals surface area contributed by atoms with Crippen molar-refractivity contribution < 1.29 is 17.6 Å². The number of amides is 1. The van der Waals surface area contributed by atoms with Crippen molar-refractivity contribution in [1.29, 1.82) is 0 Å². The standard InChI is InChI=1S/C13H18FN3O3S/c14-10-1-2-12(11(15)8-10)21(19,20)17-5-3-9(4-6-17)7-13(16)18/h1-2,8-9H,3-7,15H2,(H2,16,18). The van der Waals surface area contributed by atoms with Crippen molar-refractivity contribution in [1.82, 2.24) is 4.31 Å². The fraction of sp³-hybridized carbons (Fsp3) is 0.462. The Labute approximate surface area is 123 Å². The quantitative estimate of drug-likeness (QED) is 0.797. The summed E-state index contributed by atoms with van der Waals surface area (Å²) in [7, 11) is -3.74. The molecular weight excluding hydrogens is 297 g/mol. The number of hydrogen-bond acceptors (Lipinski definition) is 4. The molecule has 0 atom stereocenters. The normalized spacial score (nSPS) is 17.8. The molecular formula is C13H18FN3O3S. The van der Waals surface area contributed by atoms with Gasteiger partial charge < -0.3 is 11.5 Å². The number of anilines is 1. The second kappa shape index (κ2) is 5.98. The van der Waals surface area contributed by atoms with Crippen LogP contribution in [-0.2, 0) is 14.8 Å². The van der Waals surface area contributed by atoms with E-state index in [2.05, 4.69) is 0 Å². The molecule has 8 heteroatoms. The van der Waals surface area contributed by atoms with Crippen LogP contribution in [0.25, 0.3) is 0 Å². The molecule has 2 rings (SSSR count). The molecule has 0 unspecified atom stereocenters. The monoisotopic (exact) mass is 315 g/mol. The van der Waals surface area contributed by atoms with Gasteiger partial charge in [0.2, 0.25) is 15.9 Å². The lowest BCUT2D eigenvalue weighted by molar-refractivity contribution is -0.119. The number of nitrogens with zero attached hydrogens (tertiary/aromatic N) is 1. The number of primary amides is 1. The van der Waals surface area contributed by atoms with Crippen molar-refractivity contribution in [2.45, 2.75) is 24.2 Å². The first-order valence-electron chi connectivity index (χ1n) is 6.64. The van der Waals surface area contributed by atoms with Crippen LogP contribution >= 0.6 is 0 Å². The average molecular weight is 315 g/mol. The maximum Gasteiger partial charge on any atom is 0.245 e. The summed E-state index contributed by atoms with van der Waals surface area (Å²) < 4.78 is 39.3. The molecule has 1 saturated heterocycles. The first-order chi connectivity index (χ1) is 9.80. The van der Waals surface area contributed by atoms with E-state index in [9.17, 15) is 17.6 Å². The lowest BCUT2D eigenvalue weighted by Crippen LogP contribution is -2.39. The maximum atomic E-state index is 13.0. The smallest absolute Gasteiger partial charge is 0.245 e. The van der Waals surface area contributed by atoms with E-state index in [1.807, 2.05) is 0 Å². The van der Waals surface area contributed by atoms with Gasteiger partial charge in [-0.15, -0.1) is 0 Å². The highest BCUT2D eigenvalue weighted by atomic mass is 32.2. The molecule has 1 aliphatic heterocycles. The van der Waals surface area contributed by atoms with Gasteiger partial charge in [0.1, 0.15) is 10.7 Å². The van der Waals surface area contributed by atoms with Crippen LogP contribution in [0.15, 0.2) is 23.1 Å². The van der Waals surface area contributed by atoms with E-state index in [4.69, 9.17) is 11.5 Å². The molecule has 6 nitrogen and oxygen atoms in total. The van der Waals surface area contributed by atoms with Crippen molar-refractivity contribution in [2.24, 2.45) is 11.7 Å². The maximum absolute atomic E-state index is 13.0. The van der Waals surface area contributed by atoms with Crippen LogP contribution in [0, 0.1) is 11.7 Å². The van der Waals surface area contributed by atoms with Gasteiger partial charge in [0.05, 0.1) is 5.69 Å². The van der Waals surface area contributed by atoms with Gasteiger partial charge in [0.25, 0.3) is 0 Å². The number of piperidine rings is 1. The Morgan fingerprint density at radius 3 is 2.48 bits per heavy atom. The van der Waals surface area contributed by atoms with Gasteiger partial charge in [0.15, 0.2) is 0 Å². The van der Waals surface area contributed by atoms with Crippen LogP contribution in [0.5, 0.6) is 0 Å². The van der Waals surface area contributed by atoms with Crippen molar-refractivity contribution in [3.63, 3.8) is 0 Å². The van der Waals surface area contributed by atoms with Gasteiger partial charge in [-0.2, -0.15) is 4.31 Å². The van der Waals surface area contributed by atoms with Gasteiger partial charge in [-0.05, 0) is 37.0 Å². The average Bonchev–Trinajstić information content (AvgIpc) is 2.38. The molecule has 21 heavy (non-hydrogen) atoms. The zero-order valence-electron chi connectivity index (χ0n) is 11.5. The largest absolute Gasteiger partial charge is 0.398 e. The predicted octanol–water partition coefficient (Wildman–Crippen LogP) is 0.684. The number of rotatable bonds is 4. The molecule has 0 bridgehead atoms. The predicted molar refractivity (Wildman–Crippen MR) is 76.1 cm³/mol. The molecule has 1 aromatic rings. The highest BCUT2D eigenvalue weighted by Gasteiger charge is 2.31. The summed E-state index contributed by atoms with van der Waals surface area (Å²) in [5, 5.41) is 0. The van der Waals surface area contributed by atoms with E-state index < -0.39 is 15.8 Å². The number of sulfonamides is 1. The zero-order valence-corrected chi connectivity index (χ0v) is 12.3. The van der Waals surface area contributed by atoms with Gasteiger partial charge in [-0.3, -0.25) is 4.79 Å². The summed E-state index contributed by atoms with van der Waals surface area (Å²) in [4.78, 5) is 10.8. The van der Waals surface area contributed by atoms with Crippen LogP contribution in [0.1, 0.15) is 19.3 Å². The summed E-state index contributed by atoms with van der Waals surface area (Å²) in [6.07, 6.45) is 1.42. The van der Waals surface area contributed by atoms with Crippen molar-refractivity contribution in [2.75, 3.05) is 18.8 Å². The first kappa shape index (κ1) is 15.7. The van der Waals surface area contributed by atoms with Gasteiger partial charge in [0, 0.05) is 19.5 Å². The SMILES string of the molecule is NC(=O)CC1CCN(S(=O)(=O)c2ccc(F)cc2N)CC1. The van der Waals surface area contributed by atoms with Gasteiger partial charge >= 0.3 is 0 Å². The molecule has 1 fully saturated rings. The van der Waals surface area contributed by atoms with Crippen molar-refractivity contribution in [3.05, 3.63) is 24.0 Å². The number of carbonyl (C=O) groups is 1. The lowest BCUT2D eigenvalue weighted by atomic mass is 9.94. The molecule has 0 radical (unpaired) electrons. The molecule has 4 N–H and O–H groups in total. The fourth-order valence-corrected chi connectivity index (χ4v) is 4.10. The third kappa shape index (κ3) is 3.51. The van der Waals surface area contributed by atoms with Crippen LogP contribution in [-0.4, -0.2) is 31.7 Å². The summed E-state index contributed by atoms with van der Waals surface area (Å²) in [5.74, 6) is -0.842. The number of benzene rings is 1. The Hall–Kier alpha value is -1.67. The third-order valence-corrected chi connectivity index (χ3v) is 5.63. The molecule has 0 aromatic heterocycles. The summed E-state index contributed by atoms with van der Waals surface area (Å²) in [5.41, 5.74) is 10.6. The second-order valence-corrected chi connectivity index (χ2v) is 7.11. The minimum atomic E-state index is -3.74. The van der Waals surface area contributed by atoms with Crippen LogP contribution in [0.3, 0.4) is 0 Å². The Balaban J connectivity index is 2.13. The molecule has 116 valence electrons. The van der Waals surface area contributed by atoms with Crippen molar-refractivity contribution >= 4 is 21.6 Å². The van der Waals surface area contributed by atoms with Crippen LogP contribution in [0.4, 0.5) is 10.1 Å². The molecule has 1 amide bonds. The summed E-state index contributed by atoms with van der Waals surface area (Å²) >= 11 is 0. The fourth-order valence-electron chi connectivity index (χ4n) is 2.53. The number of nitrogens with two attached hydrogens (primary N) is 2. The van der Waals surface area contributed by atoms with E-state index in [0.717, 1.165) is 12.1 Å². The molecule has 0 aliphatic carbocycles. The number of nitrogen functional groups attached to an aromatic ring is 1. The van der Waals surface area contributed by atoms with Gasteiger partial charge in [-0.25, -0.2) is 12.8 Å². The lowest BCUT2D eigenvalue weighted by Gasteiger charge is -2.30. The van der Waals surface area contributed by atoms with E-state index in [1.54, 1.807) is 0 Å². The van der Waals surface area contributed by atoms with E-state index in [-0.39, 0.29) is 28.8 Å². The van der Waals surface area contributed by atoms with Crippen LogP contribution in [0.2, 0.25) is 0 Å². The molecule has 1 heterocycles. The summed E-state index contributed by atoms with van der Waals surface area (Å²) in [6, 6.07) is 3.24. The first-order valence-corrected chi connectivity index (χ1v) is 8.08. The summed E-state index contributed by atoms with van der Waals surface area (Å²) in [6.45, 7) is 0.605.